The average molecular weight is 473 g/mol. The molecule has 0 atom stereocenters. The molecule has 3 aliphatic rings. The number of amides is 2. The zero-order valence-electron chi connectivity index (χ0n) is 19.9. The van der Waals surface area contributed by atoms with Crippen molar-refractivity contribution in [2.24, 2.45) is 11.8 Å². The Bertz CT molecular complexity index is 892. The number of likely N-dealkylation sites (tertiary alicyclic amines) is 1. The van der Waals surface area contributed by atoms with E-state index in [0.717, 1.165) is 69.1 Å². The largest absolute Gasteiger partial charge is 0.465 e. The standard InChI is InChI=1S/C26H36N2O4S/c1-18-8-10-20(11-9-18)25(30)28(21-12-14-27(17-29)15-13-21)22-16-23(19-6-4-3-5-7-19)33-24(22)26(31)32-2/h6,16-18,20-21H,3-5,7-15H2,1-2H3. The smallest absolute Gasteiger partial charge is 0.350 e. The predicted octanol–water partition coefficient (Wildman–Crippen LogP) is 5.27. The molecular formula is C26H36N2O4S. The molecule has 0 radical (unpaired) electrons. The third-order valence-electron chi connectivity index (χ3n) is 7.57. The molecule has 1 saturated carbocycles. The predicted molar refractivity (Wildman–Crippen MR) is 131 cm³/mol. The lowest BCUT2D eigenvalue weighted by Crippen LogP contribution is -2.50. The summed E-state index contributed by atoms with van der Waals surface area (Å²) >= 11 is 1.46. The summed E-state index contributed by atoms with van der Waals surface area (Å²) < 4.78 is 5.15. The zero-order chi connectivity index (χ0) is 23.4. The number of allylic oxidation sites excluding steroid dienone is 2. The van der Waals surface area contributed by atoms with Gasteiger partial charge < -0.3 is 14.5 Å². The molecule has 1 saturated heterocycles. The fourth-order valence-electron chi connectivity index (χ4n) is 5.47. The molecule has 33 heavy (non-hydrogen) atoms. The van der Waals surface area contributed by atoms with E-state index in [1.807, 2.05) is 4.90 Å². The highest BCUT2D eigenvalue weighted by atomic mass is 32.1. The van der Waals surface area contributed by atoms with Gasteiger partial charge in [0.2, 0.25) is 12.3 Å². The fraction of sp³-hybridized carbons (Fsp3) is 0.654. The first-order valence-electron chi connectivity index (χ1n) is 12.5. The van der Waals surface area contributed by atoms with Crippen LogP contribution < -0.4 is 4.90 Å². The Morgan fingerprint density at radius 3 is 2.45 bits per heavy atom. The first kappa shape index (κ1) is 24.0. The summed E-state index contributed by atoms with van der Waals surface area (Å²) in [6.07, 6.45) is 13.0. The van der Waals surface area contributed by atoms with Gasteiger partial charge in [0, 0.05) is 29.9 Å². The lowest BCUT2D eigenvalue weighted by atomic mass is 9.82. The Morgan fingerprint density at radius 2 is 1.85 bits per heavy atom. The molecule has 0 unspecified atom stereocenters. The van der Waals surface area contributed by atoms with Crippen molar-refractivity contribution in [1.29, 1.82) is 0 Å². The second-order valence-electron chi connectivity index (χ2n) is 9.83. The van der Waals surface area contributed by atoms with Gasteiger partial charge in [0.25, 0.3) is 0 Å². The molecule has 180 valence electrons. The minimum Gasteiger partial charge on any atom is -0.465 e. The maximum Gasteiger partial charge on any atom is 0.350 e. The number of piperidine rings is 1. The molecule has 2 fully saturated rings. The van der Waals surface area contributed by atoms with E-state index in [2.05, 4.69) is 19.1 Å². The topological polar surface area (TPSA) is 66.9 Å². The van der Waals surface area contributed by atoms with E-state index in [1.165, 1.54) is 30.4 Å². The lowest BCUT2D eigenvalue weighted by molar-refractivity contribution is -0.124. The Morgan fingerprint density at radius 1 is 1.12 bits per heavy atom. The van der Waals surface area contributed by atoms with Crippen molar-refractivity contribution < 1.29 is 19.1 Å². The summed E-state index contributed by atoms with van der Waals surface area (Å²) in [7, 11) is 1.41. The van der Waals surface area contributed by atoms with Crippen LogP contribution in [-0.2, 0) is 14.3 Å². The number of methoxy groups -OCH3 is 1. The number of hydrogen-bond acceptors (Lipinski definition) is 5. The fourth-order valence-corrected chi connectivity index (χ4v) is 6.60. The molecule has 4 rings (SSSR count). The van der Waals surface area contributed by atoms with Crippen LogP contribution in [0, 0.1) is 11.8 Å². The SMILES string of the molecule is COC(=O)c1sc(C2=CCCCC2)cc1N(C(=O)C1CCC(C)CC1)C1CCN(C=O)CC1. The minimum atomic E-state index is -0.377. The number of hydrogen-bond donors (Lipinski definition) is 0. The first-order chi connectivity index (χ1) is 16.0. The number of carbonyl (C=O) groups is 3. The maximum atomic E-state index is 14.0. The zero-order valence-corrected chi connectivity index (χ0v) is 20.7. The van der Waals surface area contributed by atoms with Crippen LogP contribution in [0.3, 0.4) is 0 Å². The minimum absolute atomic E-state index is 0.00644. The Kier molecular flexibility index (Phi) is 7.89. The van der Waals surface area contributed by atoms with Crippen molar-refractivity contribution in [2.75, 3.05) is 25.1 Å². The van der Waals surface area contributed by atoms with Crippen molar-refractivity contribution in [3.63, 3.8) is 0 Å². The van der Waals surface area contributed by atoms with Gasteiger partial charge in [0.05, 0.1) is 12.8 Å². The summed E-state index contributed by atoms with van der Waals surface area (Å²) in [4.78, 5) is 43.4. The van der Waals surface area contributed by atoms with Crippen LogP contribution in [0.15, 0.2) is 12.1 Å². The molecule has 0 aromatic carbocycles. The van der Waals surface area contributed by atoms with Gasteiger partial charge in [0.15, 0.2) is 0 Å². The van der Waals surface area contributed by atoms with Gasteiger partial charge in [-0.2, -0.15) is 0 Å². The number of anilines is 1. The number of esters is 1. The highest BCUT2D eigenvalue weighted by molar-refractivity contribution is 7.15. The Balaban J connectivity index is 1.71. The third kappa shape index (κ3) is 5.34. The summed E-state index contributed by atoms with van der Waals surface area (Å²) in [6.45, 7) is 3.52. The Labute approximate surface area is 201 Å². The molecule has 2 amide bonds. The van der Waals surface area contributed by atoms with Crippen LogP contribution in [0.2, 0.25) is 0 Å². The first-order valence-corrected chi connectivity index (χ1v) is 13.3. The van der Waals surface area contributed by atoms with E-state index in [0.29, 0.717) is 29.6 Å². The van der Waals surface area contributed by atoms with E-state index in [4.69, 9.17) is 4.74 Å². The van der Waals surface area contributed by atoms with Gasteiger partial charge >= 0.3 is 5.97 Å². The van der Waals surface area contributed by atoms with Crippen LogP contribution in [0.25, 0.3) is 5.57 Å². The van der Waals surface area contributed by atoms with Crippen molar-refractivity contribution in [1.82, 2.24) is 4.90 Å². The molecule has 1 aromatic rings. The van der Waals surface area contributed by atoms with Crippen molar-refractivity contribution in [2.45, 2.75) is 77.2 Å². The highest BCUT2D eigenvalue weighted by Gasteiger charge is 2.37. The van der Waals surface area contributed by atoms with Crippen molar-refractivity contribution in [3.8, 4) is 0 Å². The molecule has 2 aliphatic carbocycles. The van der Waals surface area contributed by atoms with Crippen LogP contribution in [-0.4, -0.2) is 49.4 Å². The number of rotatable bonds is 6. The molecule has 2 heterocycles. The molecule has 0 N–H and O–H groups in total. The van der Waals surface area contributed by atoms with Gasteiger partial charge in [-0.25, -0.2) is 4.79 Å². The molecule has 0 bridgehead atoms. The summed E-state index contributed by atoms with van der Waals surface area (Å²) in [6, 6.07) is 2.04. The van der Waals surface area contributed by atoms with Gasteiger partial charge in [-0.1, -0.05) is 13.0 Å². The molecule has 0 spiro atoms. The summed E-state index contributed by atoms with van der Waals surface area (Å²) in [5.41, 5.74) is 1.99. The summed E-state index contributed by atoms with van der Waals surface area (Å²) in [5, 5.41) is 0. The quantitative estimate of drug-likeness (QED) is 0.418. The molecule has 7 heteroatoms. The number of thiophene rings is 1. The van der Waals surface area contributed by atoms with E-state index >= 15 is 0 Å². The van der Waals surface area contributed by atoms with Gasteiger partial charge in [-0.05, 0) is 81.8 Å². The van der Waals surface area contributed by atoms with Crippen LogP contribution in [0.4, 0.5) is 5.69 Å². The maximum absolute atomic E-state index is 14.0. The number of nitrogens with zero attached hydrogens (tertiary/aromatic N) is 2. The van der Waals surface area contributed by atoms with Crippen LogP contribution in [0.5, 0.6) is 0 Å². The second kappa shape index (κ2) is 10.9. The molecule has 6 nitrogen and oxygen atoms in total. The molecule has 1 aromatic heterocycles. The van der Waals surface area contributed by atoms with Crippen molar-refractivity contribution in [3.05, 3.63) is 21.9 Å². The van der Waals surface area contributed by atoms with Gasteiger partial charge in [-0.15, -0.1) is 11.3 Å². The van der Waals surface area contributed by atoms with E-state index in [1.54, 1.807) is 4.90 Å². The van der Waals surface area contributed by atoms with E-state index in [9.17, 15) is 14.4 Å². The highest BCUT2D eigenvalue weighted by Crippen LogP contribution is 2.41. The number of ether oxygens (including phenoxy) is 1. The lowest BCUT2D eigenvalue weighted by Gasteiger charge is -2.39. The second-order valence-corrected chi connectivity index (χ2v) is 10.9. The monoisotopic (exact) mass is 472 g/mol. The van der Waals surface area contributed by atoms with Crippen LogP contribution >= 0.6 is 11.3 Å². The average Bonchev–Trinajstić information content (AvgIpc) is 3.30. The van der Waals surface area contributed by atoms with Crippen LogP contribution in [0.1, 0.15) is 85.7 Å². The van der Waals surface area contributed by atoms with E-state index < -0.39 is 0 Å². The van der Waals surface area contributed by atoms with Crippen molar-refractivity contribution >= 4 is 40.9 Å². The molecule has 1 aliphatic heterocycles. The Hall–Kier alpha value is -2.15. The third-order valence-corrected chi connectivity index (χ3v) is 8.75. The van der Waals surface area contributed by atoms with Gasteiger partial charge in [-0.3, -0.25) is 9.59 Å². The normalized spacial score (nSPS) is 24.2. The van der Waals surface area contributed by atoms with Gasteiger partial charge in [0.1, 0.15) is 4.88 Å². The number of carbonyl (C=O) groups excluding carboxylic acids is 3. The summed E-state index contributed by atoms with van der Waals surface area (Å²) in [5.74, 6) is 0.416. The molecular weight excluding hydrogens is 436 g/mol. The van der Waals surface area contributed by atoms with E-state index in [-0.39, 0.29) is 23.8 Å².